The van der Waals surface area contributed by atoms with E-state index in [1.807, 2.05) is 54.6 Å². The van der Waals surface area contributed by atoms with Crippen molar-refractivity contribution < 1.29 is 18.9 Å². The van der Waals surface area contributed by atoms with Crippen LogP contribution in [0.1, 0.15) is 23.6 Å². The van der Waals surface area contributed by atoms with Gasteiger partial charge in [0.05, 0.1) is 25.9 Å². The highest BCUT2D eigenvalue weighted by Crippen LogP contribution is 2.38. The normalized spacial score (nSPS) is 22.3. The number of hydrogen-bond donors (Lipinski definition) is 0. The van der Waals surface area contributed by atoms with Gasteiger partial charge in [-0.1, -0.05) is 127 Å². The van der Waals surface area contributed by atoms with Crippen molar-refractivity contribution in [3.63, 3.8) is 0 Å². The van der Waals surface area contributed by atoms with Crippen LogP contribution in [0.25, 0.3) is 10.8 Å². The minimum atomic E-state index is -0.368. The molecule has 0 saturated carbocycles. The number of benzene rings is 5. The summed E-state index contributed by atoms with van der Waals surface area (Å²) in [5, 5.41) is 2.42. The van der Waals surface area contributed by atoms with E-state index in [4.69, 9.17) is 18.9 Å². The minimum Gasteiger partial charge on any atom is -0.368 e. The first-order chi connectivity index (χ1) is 20.7. The van der Waals surface area contributed by atoms with Crippen molar-refractivity contribution in [2.24, 2.45) is 0 Å². The van der Waals surface area contributed by atoms with Crippen LogP contribution < -0.4 is 0 Å². The lowest BCUT2D eigenvalue weighted by molar-refractivity contribution is -0.242. The van der Waals surface area contributed by atoms with E-state index in [-0.39, 0.29) is 29.9 Å². The Kier molecular flexibility index (Phi) is 9.65. The molecule has 42 heavy (non-hydrogen) atoms. The fraction of sp³-hybridized carbons (Fsp3) is 0.243. The second-order valence-electron chi connectivity index (χ2n) is 10.6. The van der Waals surface area contributed by atoms with Crippen molar-refractivity contribution in [3.05, 3.63) is 150 Å². The largest absolute Gasteiger partial charge is 0.368 e. The molecular weight excluding hydrogens is 540 g/mol. The van der Waals surface area contributed by atoms with E-state index in [1.54, 1.807) is 11.8 Å². The van der Waals surface area contributed by atoms with Crippen LogP contribution in [-0.2, 0) is 38.8 Å². The van der Waals surface area contributed by atoms with Gasteiger partial charge in [-0.15, -0.1) is 0 Å². The maximum absolute atomic E-state index is 6.82. The molecule has 1 aliphatic heterocycles. The number of rotatable bonds is 11. The van der Waals surface area contributed by atoms with Crippen LogP contribution >= 0.6 is 11.8 Å². The predicted molar refractivity (Wildman–Crippen MR) is 169 cm³/mol. The number of fused-ring (bicyclic) bond motifs is 1. The van der Waals surface area contributed by atoms with E-state index in [9.17, 15) is 0 Å². The molecule has 1 saturated heterocycles. The Balaban J connectivity index is 1.29. The Morgan fingerprint density at radius 3 is 1.71 bits per heavy atom. The van der Waals surface area contributed by atoms with Crippen LogP contribution in [0.5, 0.6) is 0 Å². The van der Waals surface area contributed by atoms with Gasteiger partial charge in [-0.25, -0.2) is 0 Å². The number of hydrogen-bond acceptors (Lipinski definition) is 5. The molecule has 0 amide bonds. The van der Waals surface area contributed by atoms with E-state index in [2.05, 4.69) is 85.8 Å². The summed E-state index contributed by atoms with van der Waals surface area (Å²) in [6.07, 6.45) is -1.24. The molecule has 0 spiro atoms. The van der Waals surface area contributed by atoms with E-state index in [0.717, 1.165) is 21.6 Å². The summed E-state index contributed by atoms with van der Waals surface area (Å²) in [6.45, 7) is 3.45. The summed E-state index contributed by atoms with van der Waals surface area (Å²) < 4.78 is 26.8. The zero-order valence-electron chi connectivity index (χ0n) is 23.8. The monoisotopic (exact) mass is 576 g/mol. The first-order valence-corrected chi connectivity index (χ1v) is 15.4. The van der Waals surface area contributed by atoms with Crippen LogP contribution in [0.2, 0.25) is 0 Å². The van der Waals surface area contributed by atoms with E-state index >= 15 is 0 Å². The third-order valence-corrected chi connectivity index (χ3v) is 8.71. The number of thioether (sulfide) groups is 1. The van der Waals surface area contributed by atoms with Crippen LogP contribution in [0.3, 0.4) is 0 Å². The number of ether oxygens (including phenoxy) is 4. The van der Waals surface area contributed by atoms with Gasteiger partial charge in [0, 0.05) is 4.90 Å². The minimum absolute atomic E-state index is 0.201. The van der Waals surface area contributed by atoms with Crippen LogP contribution in [0, 0.1) is 0 Å². The standard InChI is InChI=1S/C37H36O4S/c1-27-34(38-24-28-13-5-2-6-14-28)35(39-26-30-21-22-31-17-11-12-18-32(31)23-30)36(40-25-29-15-7-3-8-16-29)37(41-27)42-33-19-9-4-10-20-33/h2-23,27,34-37H,24-26H2,1H3/t27-,34-,35+,36+,37-/m0/s1. The fourth-order valence-electron chi connectivity index (χ4n) is 5.35. The van der Waals surface area contributed by atoms with Gasteiger partial charge < -0.3 is 18.9 Å². The molecule has 1 heterocycles. The first-order valence-electron chi connectivity index (χ1n) is 14.5. The predicted octanol–water partition coefficient (Wildman–Crippen LogP) is 8.43. The van der Waals surface area contributed by atoms with Gasteiger partial charge >= 0.3 is 0 Å². The third-order valence-electron chi connectivity index (χ3n) is 7.55. The maximum atomic E-state index is 6.82. The second kappa shape index (κ2) is 14.1. The van der Waals surface area contributed by atoms with Crippen molar-refractivity contribution in [1.29, 1.82) is 0 Å². The first kappa shape index (κ1) is 28.7. The smallest absolute Gasteiger partial charge is 0.136 e. The fourth-order valence-corrected chi connectivity index (χ4v) is 6.53. The lowest BCUT2D eigenvalue weighted by atomic mass is 9.99. The topological polar surface area (TPSA) is 36.9 Å². The molecule has 4 nitrogen and oxygen atoms in total. The Bertz CT molecular complexity index is 1530. The molecule has 0 unspecified atom stereocenters. The molecule has 0 aromatic heterocycles. The van der Waals surface area contributed by atoms with Crippen molar-refractivity contribution in [3.8, 4) is 0 Å². The van der Waals surface area contributed by atoms with Crippen molar-refractivity contribution >= 4 is 22.5 Å². The second-order valence-corrected chi connectivity index (χ2v) is 11.8. The Labute approximate surface area is 252 Å². The summed E-state index contributed by atoms with van der Waals surface area (Å²) >= 11 is 1.67. The van der Waals surface area contributed by atoms with Crippen molar-refractivity contribution in [2.45, 2.75) is 61.5 Å². The summed E-state index contributed by atoms with van der Waals surface area (Å²) in [5.74, 6) is 0. The van der Waals surface area contributed by atoms with Crippen LogP contribution in [-0.4, -0.2) is 29.9 Å². The van der Waals surface area contributed by atoms with E-state index < -0.39 is 0 Å². The van der Waals surface area contributed by atoms with Gasteiger partial charge in [0.1, 0.15) is 23.7 Å². The Morgan fingerprint density at radius 2 is 1.05 bits per heavy atom. The molecule has 0 radical (unpaired) electrons. The van der Waals surface area contributed by atoms with E-state index in [1.165, 1.54) is 10.8 Å². The summed E-state index contributed by atoms with van der Waals surface area (Å²) in [4.78, 5) is 1.12. The molecule has 1 aliphatic rings. The molecule has 6 rings (SSSR count). The highest BCUT2D eigenvalue weighted by atomic mass is 32.2. The Morgan fingerprint density at radius 1 is 0.524 bits per heavy atom. The molecule has 5 aromatic rings. The highest BCUT2D eigenvalue weighted by molar-refractivity contribution is 7.99. The molecular formula is C37H36O4S. The van der Waals surface area contributed by atoms with Crippen molar-refractivity contribution in [2.75, 3.05) is 0 Å². The quantitative estimate of drug-likeness (QED) is 0.158. The molecule has 0 N–H and O–H groups in total. The molecule has 0 bridgehead atoms. The molecule has 5 heteroatoms. The summed E-state index contributed by atoms with van der Waals surface area (Å²) in [6, 6.07) is 45.7. The molecule has 5 aromatic carbocycles. The van der Waals surface area contributed by atoms with E-state index in [0.29, 0.717) is 19.8 Å². The van der Waals surface area contributed by atoms with Crippen LogP contribution in [0.4, 0.5) is 0 Å². The average Bonchev–Trinajstić information content (AvgIpc) is 3.04. The zero-order valence-corrected chi connectivity index (χ0v) is 24.6. The lowest BCUT2D eigenvalue weighted by Gasteiger charge is -2.45. The molecule has 0 aliphatic carbocycles. The SMILES string of the molecule is C[C@@H]1O[C@@H](Sc2ccccc2)[C@H](OCc2ccccc2)[C@H](OCc2ccc3ccccc3c2)[C@H]1OCc1ccccc1. The van der Waals surface area contributed by atoms with Crippen LogP contribution in [0.15, 0.2) is 138 Å². The van der Waals surface area contributed by atoms with Gasteiger partial charge in [0.15, 0.2) is 0 Å². The maximum Gasteiger partial charge on any atom is 0.136 e. The Hall–Kier alpha value is -3.45. The third kappa shape index (κ3) is 7.30. The van der Waals surface area contributed by atoms with Gasteiger partial charge in [-0.2, -0.15) is 0 Å². The summed E-state index contributed by atoms with van der Waals surface area (Å²) in [5.41, 5.74) is 3.06. The van der Waals surface area contributed by atoms with Gasteiger partial charge in [0.25, 0.3) is 0 Å². The molecule has 214 valence electrons. The van der Waals surface area contributed by atoms with Crippen molar-refractivity contribution in [1.82, 2.24) is 0 Å². The van der Waals surface area contributed by atoms with Gasteiger partial charge in [0.2, 0.25) is 0 Å². The molecule has 5 atom stereocenters. The van der Waals surface area contributed by atoms with Gasteiger partial charge in [-0.05, 0) is 52.6 Å². The molecule has 1 fully saturated rings. The lowest BCUT2D eigenvalue weighted by Crippen LogP contribution is -2.58. The average molecular weight is 577 g/mol. The highest BCUT2D eigenvalue weighted by Gasteiger charge is 2.47. The zero-order chi connectivity index (χ0) is 28.6. The summed E-state index contributed by atoms with van der Waals surface area (Å²) in [7, 11) is 0. The van der Waals surface area contributed by atoms with Gasteiger partial charge in [-0.3, -0.25) is 0 Å².